The zero-order valence-corrected chi connectivity index (χ0v) is 11.4. The van der Waals surface area contributed by atoms with E-state index in [-0.39, 0.29) is 0 Å². The normalized spacial score (nSPS) is 17.4. The van der Waals surface area contributed by atoms with Crippen molar-refractivity contribution < 1.29 is 0 Å². The van der Waals surface area contributed by atoms with Gasteiger partial charge >= 0.3 is 0 Å². The Bertz CT molecular complexity index is 445. The zero-order valence-electron chi connectivity index (χ0n) is 10.6. The second-order valence-corrected chi connectivity index (χ2v) is 5.11. The first kappa shape index (κ1) is 13.2. The highest BCUT2D eigenvalue weighted by molar-refractivity contribution is 6.29. The van der Waals surface area contributed by atoms with Gasteiger partial charge in [-0.1, -0.05) is 17.5 Å². The lowest BCUT2D eigenvalue weighted by molar-refractivity contribution is 0.243. The molecular weight excluding hydrogens is 246 g/mol. The van der Waals surface area contributed by atoms with Crippen LogP contribution in [-0.2, 0) is 0 Å². The maximum atomic E-state index is 5.85. The molecule has 0 atom stereocenters. The molecule has 0 aromatic carbocycles. The van der Waals surface area contributed by atoms with Crippen molar-refractivity contribution in [1.82, 2.24) is 9.88 Å². The molecule has 1 aliphatic rings. The molecule has 1 saturated heterocycles. The number of rotatable bonds is 3. The number of hydrogen-bond acceptors (Lipinski definition) is 3. The van der Waals surface area contributed by atoms with Gasteiger partial charge in [0, 0.05) is 19.1 Å². The molecule has 0 bridgehead atoms. The minimum Gasteiger partial charge on any atom is -0.381 e. The highest BCUT2D eigenvalue weighted by Crippen LogP contribution is 2.20. The number of halogens is 1. The predicted molar refractivity (Wildman–Crippen MR) is 75.9 cm³/mol. The molecule has 0 saturated carbocycles. The minimum atomic E-state index is 0.501. The summed E-state index contributed by atoms with van der Waals surface area (Å²) < 4.78 is 0. The Labute approximate surface area is 114 Å². The van der Waals surface area contributed by atoms with Gasteiger partial charge in [-0.2, -0.15) is 0 Å². The fraction of sp³-hybridized carbons (Fsp3) is 0.500. The molecule has 0 amide bonds. The van der Waals surface area contributed by atoms with Gasteiger partial charge in [0.1, 0.15) is 5.15 Å². The highest BCUT2D eigenvalue weighted by atomic mass is 35.5. The maximum absolute atomic E-state index is 5.85. The molecule has 4 heteroatoms. The van der Waals surface area contributed by atoms with E-state index in [0.29, 0.717) is 11.2 Å². The molecule has 0 aliphatic carbocycles. The third kappa shape index (κ3) is 3.38. The number of nitrogens with zero attached hydrogens (tertiary/aromatic N) is 2. The maximum Gasteiger partial charge on any atom is 0.129 e. The summed E-state index contributed by atoms with van der Waals surface area (Å²) in [6.45, 7) is 4.92. The largest absolute Gasteiger partial charge is 0.381 e. The van der Waals surface area contributed by atoms with Crippen LogP contribution in [0.15, 0.2) is 12.3 Å². The molecule has 1 aliphatic heterocycles. The molecule has 1 N–H and O–H groups in total. The minimum absolute atomic E-state index is 0.501. The molecule has 1 aromatic rings. The van der Waals surface area contributed by atoms with Gasteiger partial charge in [0.15, 0.2) is 0 Å². The second kappa shape index (κ2) is 6.08. The van der Waals surface area contributed by atoms with Crippen molar-refractivity contribution in [1.29, 1.82) is 0 Å². The van der Waals surface area contributed by atoms with Gasteiger partial charge in [-0.25, -0.2) is 4.98 Å². The summed E-state index contributed by atoms with van der Waals surface area (Å²) in [6.07, 6.45) is 9.36. The summed E-state index contributed by atoms with van der Waals surface area (Å²) >= 11 is 5.85. The lowest BCUT2D eigenvalue weighted by atomic mass is 10.0. The Hall–Kier alpha value is -1.24. The average Bonchev–Trinajstić information content (AvgIpc) is 2.35. The fourth-order valence-electron chi connectivity index (χ4n) is 2.26. The van der Waals surface area contributed by atoms with Crippen molar-refractivity contribution in [2.75, 3.05) is 25.0 Å². The average molecular weight is 264 g/mol. The van der Waals surface area contributed by atoms with Crippen LogP contribution in [0.4, 0.5) is 5.69 Å². The molecule has 2 rings (SSSR count). The Balaban J connectivity index is 1.90. The Morgan fingerprint density at radius 1 is 1.56 bits per heavy atom. The van der Waals surface area contributed by atoms with Crippen LogP contribution >= 0.6 is 11.6 Å². The number of terminal acetylenes is 1. The van der Waals surface area contributed by atoms with Gasteiger partial charge in [0.2, 0.25) is 0 Å². The van der Waals surface area contributed by atoms with E-state index in [2.05, 4.69) is 21.1 Å². The van der Waals surface area contributed by atoms with Crippen LogP contribution in [0, 0.1) is 19.3 Å². The van der Waals surface area contributed by atoms with E-state index in [1.54, 1.807) is 0 Å². The van der Waals surface area contributed by atoms with E-state index >= 15 is 0 Å². The topological polar surface area (TPSA) is 28.2 Å². The SMILES string of the molecule is C#CCN1CCC(Nc2cnc(Cl)cc2C)CC1. The predicted octanol–water partition coefficient (Wildman–Crippen LogP) is 2.55. The van der Waals surface area contributed by atoms with Crippen LogP contribution in [0.3, 0.4) is 0 Å². The van der Waals surface area contributed by atoms with Crippen LogP contribution in [0.25, 0.3) is 0 Å². The van der Waals surface area contributed by atoms with Crippen molar-refractivity contribution in [3.8, 4) is 12.3 Å². The summed E-state index contributed by atoms with van der Waals surface area (Å²) in [4.78, 5) is 6.43. The number of anilines is 1. The summed E-state index contributed by atoms with van der Waals surface area (Å²) in [6, 6.07) is 2.39. The fourth-order valence-corrected chi connectivity index (χ4v) is 2.47. The summed E-state index contributed by atoms with van der Waals surface area (Å²) in [5.41, 5.74) is 2.22. The first-order valence-electron chi connectivity index (χ1n) is 6.23. The van der Waals surface area contributed by atoms with Crippen molar-refractivity contribution >= 4 is 17.3 Å². The first-order valence-corrected chi connectivity index (χ1v) is 6.61. The Morgan fingerprint density at radius 3 is 2.89 bits per heavy atom. The number of aryl methyl sites for hydroxylation is 1. The number of nitrogens with one attached hydrogen (secondary N) is 1. The van der Waals surface area contributed by atoms with Crippen molar-refractivity contribution in [2.24, 2.45) is 0 Å². The van der Waals surface area contributed by atoms with E-state index in [1.807, 2.05) is 19.2 Å². The van der Waals surface area contributed by atoms with Gasteiger partial charge in [0.25, 0.3) is 0 Å². The number of hydrogen-bond donors (Lipinski definition) is 1. The molecule has 1 aromatic heterocycles. The van der Waals surface area contributed by atoms with E-state index < -0.39 is 0 Å². The lowest BCUT2D eigenvalue weighted by Gasteiger charge is -2.31. The van der Waals surface area contributed by atoms with Crippen molar-refractivity contribution in [2.45, 2.75) is 25.8 Å². The highest BCUT2D eigenvalue weighted by Gasteiger charge is 2.18. The van der Waals surface area contributed by atoms with Crippen LogP contribution < -0.4 is 5.32 Å². The monoisotopic (exact) mass is 263 g/mol. The van der Waals surface area contributed by atoms with Gasteiger partial charge < -0.3 is 5.32 Å². The first-order chi connectivity index (χ1) is 8.69. The lowest BCUT2D eigenvalue weighted by Crippen LogP contribution is -2.39. The van der Waals surface area contributed by atoms with Crippen molar-refractivity contribution in [3.63, 3.8) is 0 Å². The van der Waals surface area contributed by atoms with Crippen molar-refractivity contribution in [3.05, 3.63) is 23.0 Å². The summed E-state index contributed by atoms with van der Waals surface area (Å²) in [5.74, 6) is 2.70. The van der Waals surface area contributed by atoms with Crippen LogP contribution in [0.5, 0.6) is 0 Å². The molecule has 96 valence electrons. The molecule has 2 heterocycles. The third-order valence-electron chi connectivity index (χ3n) is 3.34. The summed E-state index contributed by atoms with van der Waals surface area (Å²) in [7, 11) is 0. The van der Waals surface area contributed by atoms with E-state index in [0.717, 1.165) is 43.7 Å². The number of aromatic nitrogens is 1. The van der Waals surface area contributed by atoms with Gasteiger partial charge in [-0.15, -0.1) is 6.42 Å². The smallest absolute Gasteiger partial charge is 0.129 e. The van der Waals surface area contributed by atoms with Crippen LogP contribution in [-0.4, -0.2) is 35.6 Å². The number of pyridine rings is 1. The van der Waals surface area contributed by atoms with Gasteiger partial charge in [-0.05, 0) is 31.4 Å². The van der Waals surface area contributed by atoms with E-state index in [1.165, 1.54) is 0 Å². The number of piperidine rings is 1. The Morgan fingerprint density at radius 2 is 2.28 bits per heavy atom. The quantitative estimate of drug-likeness (QED) is 0.671. The van der Waals surface area contributed by atoms with Crippen LogP contribution in [0.1, 0.15) is 18.4 Å². The second-order valence-electron chi connectivity index (χ2n) is 4.72. The van der Waals surface area contributed by atoms with Gasteiger partial charge in [0.05, 0.1) is 18.4 Å². The van der Waals surface area contributed by atoms with E-state index in [9.17, 15) is 0 Å². The number of likely N-dealkylation sites (tertiary alicyclic amines) is 1. The molecule has 18 heavy (non-hydrogen) atoms. The third-order valence-corrected chi connectivity index (χ3v) is 3.55. The molecular formula is C14H18ClN3. The summed E-state index contributed by atoms with van der Waals surface area (Å²) in [5, 5.41) is 4.08. The molecule has 0 unspecified atom stereocenters. The molecule has 3 nitrogen and oxygen atoms in total. The zero-order chi connectivity index (χ0) is 13.0. The standard InChI is InChI=1S/C14H18ClN3/c1-3-6-18-7-4-12(5-8-18)17-13-10-16-14(15)9-11(13)2/h1,9-10,12,17H,4-8H2,2H3. The Kier molecular flexibility index (Phi) is 4.46. The molecule has 0 spiro atoms. The van der Waals surface area contributed by atoms with Gasteiger partial charge in [-0.3, -0.25) is 4.90 Å². The molecule has 0 radical (unpaired) electrons. The molecule has 1 fully saturated rings. The van der Waals surface area contributed by atoms with Crippen LogP contribution in [0.2, 0.25) is 5.15 Å². The van der Waals surface area contributed by atoms with E-state index in [4.69, 9.17) is 18.0 Å².